The number of likely N-dealkylation sites (N-methyl/N-ethyl adjacent to an activating group) is 1. The Morgan fingerprint density at radius 1 is 1.20 bits per heavy atom. The van der Waals surface area contributed by atoms with Gasteiger partial charge < -0.3 is 4.90 Å². The highest BCUT2D eigenvalue weighted by atomic mass is 35.5. The fourth-order valence-electron chi connectivity index (χ4n) is 2.76. The molecule has 104 valence electrons. The Hall–Kier alpha value is -1.45. The lowest BCUT2D eigenvalue weighted by Gasteiger charge is -2.29. The topological polar surface area (TPSA) is 29.0 Å². The monoisotopic (exact) mass is 287 g/mol. The summed E-state index contributed by atoms with van der Waals surface area (Å²) >= 11 is 6.19. The van der Waals surface area contributed by atoms with Crippen LogP contribution in [-0.4, -0.2) is 35.0 Å². The second-order valence-electron chi connectivity index (χ2n) is 5.41. The summed E-state index contributed by atoms with van der Waals surface area (Å²) in [6.07, 6.45) is 6.17. The number of aromatic nitrogens is 2. The minimum atomic E-state index is 0.501. The quantitative estimate of drug-likeness (QED) is 0.845. The first kappa shape index (κ1) is 13.5. The van der Waals surface area contributed by atoms with Gasteiger partial charge in [-0.1, -0.05) is 29.8 Å². The third-order valence-corrected chi connectivity index (χ3v) is 4.19. The smallest absolute Gasteiger partial charge is 0.0900 e. The van der Waals surface area contributed by atoms with Gasteiger partial charge in [-0.25, -0.2) is 0 Å². The highest BCUT2D eigenvalue weighted by molar-refractivity contribution is 6.33. The first-order valence-electron chi connectivity index (χ1n) is 6.99. The summed E-state index contributed by atoms with van der Waals surface area (Å²) in [5.74, 6) is 0.501. The lowest BCUT2D eigenvalue weighted by molar-refractivity contribution is 0.248. The van der Waals surface area contributed by atoms with E-state index in [1.54, 1.807) is 0 Å². The van der Waals surface area contributed by atoms with E-state index in [0.717, 1.165) is 23.5 Å². The number of likely N-dealkylation sites (tertiary alicyclic amines) is 1. The Morgan fingerprint density at radius 3 is 2.75 bits per heavy atom. The Balaban J connectivity index is 1.83. The second kappa shape index (κ2) is 5.90. The molecule has 1 atom stereocenters. The molecule has 3 rings (SSSR count). The van der Waals surface area contributed by atoms with E-state index in [4.69, 9.17) is 11.6 Å². The Bertz CT molecular complexity index is 583. The predicted molar refractivity (Wildman–Crippen MR) is 82.0 cm³/mol. The van der Waals surface area contributed by atoms with Crippen LogP contribution in [0.4, 0.5) is 0 Å². The average Bonchev–Trinajstić information content (AvgIpc) is 2.48. The van der Waals surface area contributed by atoms with Gasteiger partial charge in [0.1, 0.15) is 0 Å². The zero-order valence-electron chi connectivity index (χ0n) is 11.6. The second-order valence-corrected chi connectivity index (χ2v) is 5.81. The van der Waals surface area contributed by atoms with Crippen LogP contribution in [0.5, 0.6) is 0 Å². The molecule has 0 spiro atoms. The van der Waals surface area contributed by atoms with Gasteiger partial charge in [-0.15, -0.1) is 0 Å². The van der Waals surface area contributed by atoms with Gasteiger partial charge in [0.15, 0.2) is 0 Å². The minimum Gasteiger partial charge on any atom is -0.306 e. The van der Waals surface area contributed by atoms with E-state index >= 15 is 0 Å². The van der Waals surface area contributed by atoms with Crippen LogP contribution in [0, 0.1) is 0 Å². The van der Waals surface area contributed by atoms with Gasteiger partial charge in [-0.2, -0.15) is 0 Å². The van der Waals surface area contributed by atoms with Crippen LogP contribution in [0.1, 0.15) is 24.5 Å². The van der Waals surface area contributed by atoms with Crippen LogP contribution in [-0.2, 0) is 0 Å². The van der Waals surface area contributed by atoms with Gasteiger partial charge in [0.2, 0.25) is 0 Å². The summed E-state index contributed by atoms with van der Waals surface area (Å²) in [4.78, 5) is 11.5. The summed E-state index contributed by atoms with van der Waals surface area (Å²) in [7, 11) is 2.16. The molecule has 0 N–H and O–H groups in total. The van der Waals surface area contributed by atoms with Crippen molar-refractivity contribution < 1.29 is 0 Å². The van der Waals surface area contributed by atoms with E-state index in [-0.39, 0.29) is 0 Å². The zero-order valence-corrected chi connectivity index (χ0v) is 12.3. The Labute approximate surface area is 124 Å². The molecule has 0 saturated carbocycles. The fourth-order valence-corrected chi connectivity index (χ4v) is 3.00. The Kier molecular flexibility index (Phi) is 3.99. The van der Waals surface area contributed by atoms with E-state index in [1.165, 1.54) is 19.4 Å². The lowest BCUT2D eigenvalue weighted by atomic mass is 9.95. The van der Waals surface area contributed by atoms with E-state index in [0.29, 0.717) is 10.9 Å². The average molecular weight is 288 g/mol. The van der Waals surface area contributed by atoms with Gasteiger partial charge in [-0.3, -0.25) is 9.97 Å². The van der Waals surface area contributed by atoms with Crippen molar-refractivity contribution in [2.45, 2.75) is 18.8 Å². The molecule has 0 unspecified atom stereocenters. The molecule has 1 aliphatic heterocycles. The number of hydrogen-bond acceptors (Lipinski definition) is 3. The van der Waals surface area contributed by atoms with Gasteiger partial charge in [0.25, 0.3) is 0 Å². The molecular formula is C16H18ClN3. The van der Waals surface area contributed by atoms with Crippen LogP contribution in [0.25, 0.3) is 11.3 Å². The summed E-state index contributed by atoms with van der Waals surface area (Å²) in [5.41, 5.74) is 2.87. The van der Waals surface area contributed by atoms with Crippen molar-refractivity contribution >= 4 is 11.6 Å². The molecule has 2 aromatic rings. The molecule has 0 radical (unpaired) electrons. The summed E-state index contributed by atoms with van der Waals surface area (Å²) in [5, 5.41) is 0.715. The minimum absolute atomic E-state index is 0.501. The van der Waals surface area contributed by atoms with Crippen molar-refractivity contribution in [1.82, 2.24) is 14.9 Å². The molecule has 3 nitrogen and oxygen atoms in total. The maximum atomic E-state index is 6.19. The van der Waals surface area contributed by atoms with E-state index in [1.807, 2.05) is 36.7 Å². The van der Waals surface area contributed by atoms with Gasteiger partial charge in [0, 0.05) is 24.2 Å². The van der Waals surface area contributed by atoms with E-state index in [9.17, 15) is 0 Å². The summed E-state index contributed by atoms with van der Waals surface area (Å²) in [6.45, 7) is 2.25. The van der Waals surface area contributed by atoms with E-state index < -0.39 is 0 Å². The largest absolute Gasteiger partial charge is 0.306 e. The number of halogens is 1. The van der Waals surface area contributed by atoms with Crippen LogP contribution in [0.3, 0.4) is 0 Å². The third-order valence-electron chi connectivity index (χ3n) is 3.86. The third kappa shape index (κ3) is 2.84. The number of benzene rings is 1. The normalized spacial score (nSPS) is 20.0. The fraction of sp³-hybridized carbons (Fsp3) is 0.375. The molecule has 0 bridgehead atoms. The van der Waals surface area contributed by atoms with Crippen LogP contribution < -0.4 is 0 Å². The van der Waals surface area contributed by atoms with Gasteiger partial charge in [0.05, 0.1) is 22.6 Å². The molecule has 20 heavy (non-hydrogen) atoms. The van der Waals surface area contributed by atoms with Crippen LogP contribution in [0.2, 0.25) is 5.02 Å². The van der Waals surface area contributed by atoms with Gasteiger partial charge in [-0.05, 0) is 32.5 Å². The molecule has 4 heteroatoms. The number of rotatable bonds is 2. The van der Waals surface area contributed by atoms with Crippen molar-refractivity contribution in [3.8, 4) is 11.3 Å². The lowest BCUT2D eigenvalue weighted by Crippen LogP contribution is -2.31. The van der Waals surface area contributed by atoms with Crippen molar-refractivity contribution in [2.75, 3.05) is 20.1 Å². The maximum Gasteiger partial charge on any atom is 0.0900 e. The molecule has 0 amide bonds. The molecule has 1 aromatic heterocycles. The molecule has 2 heterocycles. The standard InChI is InChI=1S/C16H18ClN3/c1-20-8-4-5-12(11-20)15-9-19-16(10-18-15)13-6-2-3-7-14(13)17/h2-3,6-7,9-10,12H,4-5,8,11H2,1H3/t12-/m0/s1. The zero-order chi connectivity index (χ0) is 13.9. The molecule has 0 aliphatic carbocycles. The van der Waals surface area contributed by atoms with Crippen molar-refractivity contribution in [2.24, 2.45) is 0 Å². The number of nitrogens with zero attached hydrogens (tertiary/aromatic N) is 3. The highest BCUT2D eigenvalue weighted by Gasteiger charge is 2.20. The van der Waals surface area contributed by atoms with E-state index in [2.05, 4.69) is 21.9 Å². The van der Waals surface area contributed by atoms with Crippen molar-refractivity contribution in [1.29, 1.82) is 0 Å². The van der Waals surface area contributed by atoms with Gasteiger partial charge >= 0.3 is 0 Å². The van der Waals surface area contributed by atoms with Crippen LogP contribution in [0.15, 0.2) is 36.7 Å². The molecular weight excluding hydrogens is 270 g/mol. The predicted octanol–water partition coefficient (Wildman–Crippen LogP) is 3.61. The molecule has 1 aromatic carbocycles. The molecule has 1 fully saturated rings. The highest BCUT2D eigenvalue weighted by Crippen LogP contribution is 2.28. The first-order valence-corrected chi connectivity index (χ1v) is 7.37. The summed E-state index contributed by atoms with van der Waals surface area (Å²) in [6, 6.07) is 7.74. The molecule has 1 aliphatic rings. The SMILES string of the molecule is CN1CCC[C@H](c2cnc(-c3ccccc3Cl)cn2)C1. The first-order chi connectivity index (χ1) is 9.74. The number of hydrogen-bond donors (Lipinski definition) is 0. The Morgan fingerprint density at radius 2 is 2.05 bits per heavy atom. The number of piperidine rings is 1. The summed E-state index contributed by atoms with van der Waals surface area (Å²) < 4.78 is 0. The van der Waals surface area contributed by atoms with Crippen molar-refractivity contribution in [3.63, 3.8) is 0 Å². The van der Waals surface area contributed by atoms with Crippen molar-refractivity contribution in [3.05, 3.63) is 47.4 Å². The molecule has 1 saturated heterocycles. The maximum absolute atomic E-state index is 6.19. The van der Waals surface area contributed by atoms with Crippen LogP contribution >= 0.6 is 11.6 Å².